The number of ether oxygens (including phenoxy) is 1. The first-order valence-electron chi connectivity index (χ1n) is 8.29. The summed E-state index contributed by atoms with van der Waals surface area (Å²) in [6.07, 6.45) is 1.72. The van der Waals surface area contributed by atoms with Crippen LogP contribution in [0.4, 0.5) is 17.1 Å². The van der Waals surface area contributed by atoms with E-state index in [4.69, 9.17) is 10.5 Å². The number of para-hydroxylation sites is 1. The molecule has 0 fully saturated rings. The number of nitrogens with zero attached hydrogens (tertiary/aromatic N) is 1. The number of allylic oxidation sites excluding steroid dienone is 1. The van der Waals surface area contributed by atoms with Crippen LogP contribution in [0.15, 0.2) is 46.7 Å². The fourth-order valence-electron chi connectivity index (χ4n) is 3.07. The molecule has 6 nitrogen and oxygen atoms in total. The Labute approximate surface area is 163 Å². The summed E-state index contributed by atoms with van der Waals surface area (Å²) >= 11 is 1.15. The van der Waals surface area contributed by atoms with Crippen molar-refractivity contribution in [3.05, 3.63) is 57.8 Å². The van der Waals surface area contributed by atoms with Crippen molar-refractivity contribution in [3.8, 4) is 0 Å². The molecule has 1 heterocycles. The van der Waals surface area contributed by atoms with Crippen LogP contribution in [0, 0.1) is 0 Å². The number of carbonyl (C=O) groups excluding carboxylic acids is 1. The van der Waals surface area contributed by atoms with Crippen LogP contribution in [0.3, 0.4) is 0 Å². The van der Waals surface area contributed by atoms with E-state index in [1.54, 1.807) is 50.4 Å². The number of carbonyl (C=O) groups is 1. The summed E-state index contributed by atoms with van der Waals surface area (Å²) < 4.78 is 33.1. The SMILES string of the molecule is CCOC(=O)c1cc2c(cc1N)N(c1ccccc1)S(=O)(=O)C(SC)=C2C. The summed E-state index contributed by atoms with van der Waals surface area (Å²) in [5.41, 5.74) is 8.60. The van der Waals surface area contributed by atoms with Gasteiger partial charge in [-0.15, -0.1) is 11.8 Å². The van der Waals surface area contributed by atoms with Crippen molar-refractivity contribution in [3.63, 3.8) is 0 Å². The summed E-state index contributed by atoms with van der Waals surface area (Å²) in [6.45, 7) is 3.67. The molecule has 142 valence electrons. The molecule has 2 N–H and O–H groups in total. The Kier molecular flexibility index (Phi) is 5.21. The van der Waals surface area contributed by atoms with Gasteiger partial charge in [0.05, 0.1) is 23.5 Å². The summed E-state index contributed by atoms with van der Waals surface area (Å²) in [5, 5.41) is 0. The highest BCUT2D eigenvalue weighted by molar-refractivity contribution is 8.19. The maximum atomic E-state index is 13.3. The van der Waals surface area contributed by atoms with E-state index in [-0.39, 0.29) is 22.1 Å². The zero-order valence-electron chi connectivity index (χ0n) is 15.2. The van der Waals surface area contributed by atoms with Gasteiger partial charge in [0.2, 0.25) is 0 Å². The van der Waals surface area contributed by atoms with Crippen LogP contribution in [0.2, 0.25) is 0 Å². The summed E-state index contributed by atoms with van der Waals surface area (Å²) in [5.74, 6) is -0.531. The molecular formula is C19H20N2O4S2. The molecule has 0 aromatic heterocycles. The van der Waals surface area contributed by atoms with Gasteiger partial charge < -0.3 is 10.5 Å². The van der Waals surface area contributed by atoms with Gasteiger partial charge in [-0.05, 0) is 49.9 Å². The molecule has 0 atom stereocenters. The number of sulfonamides is 1. The van der Waals surface area contributed by atoms with Gasteiger partial charge in [-0.25, -0.2) is 17.5 Å². The standard InChI is InChI=1S/C19H20N2O4S2/c1-4-25-18(22)15-10-14-12(2)19(26-3)27(23,24)21(17(14)11-16(15)20)13-8-6-5-7-9-13/h5-11H,4,20H2,1-3H3. The van der Waals surface area contributed by atoms with Crippen LogP contribution in [-0.2, 0) is 14.8 Å². The molecule has 1 aliphatic heterocycles. The maximum absolute atomic E-state index is 13.3. The van der Waals surface area contributed by atoms with Crippen molar-refractivity contribution in [2.75, 3.05) is 22.9 Å². The van der Waals surface area contributed by atoms with Gasteiger partial charge in [-0.3, -0.25) is 0 Å². The summed E-state index contributed by atoms with van der Waals surface area (Å²) in [7, 11) is -3.79. The number of hydrogen-bond acceptors (Lipinski definition) is 6. The molecule has 0 radical (unpaired) electrons. The summed E-state index contributed by atoms with van der Waals surface area (Å²) in [4.78, 5) is 12.2. The smallest absolute Gasteiger partial charge is 0.340 e. The van der Waals surface area contributed by atoms with Crippen LogP contribution >= 0.6 is 11.8 Å². The van der Waals surface area contributed by atoms with E-state index in [0.29, 0.717) is 22.5 Å². The van der Waals surface area contributed by atoms with Crippen molar-refractivity contribution in [2.24, 2.45) is 0 Å². The first-order chi connectivity index (χ1) is 12.8. The van der Waals surface area contributed by atoms with E-state index >= 15 is 0 Å². The number of hydrogen-bond donors (Lipinski definition) is 1. The molecule has 0 unspecified atom stereocenters. The van der Waals surface area contributed by atoms with Crippen molar-refractivity contribution in [2.45, 2.75) is 13.8 Å². The third-order valence-corrected chi connectivity index (χ3v) is 7.71. The molecule has 27 heavy (non-hydrogen) atoms. The van der Waals surface area contributed by atoms with Crippen LogP contribution < -0.4 is 10.0 Å². The van der Waals surface area contributed by atoms with Gasteiger partial charge in [0, 0.05) is 11.3 Å². The molecule has 2 aromatic carbocycles. The number of esters is 1. The fourth-order valence-corrected chi connectivity index (χ4v) is 6.03. The highest BCUT2D eigenvalue weighted by Gasteiger charge is 2.37. The predicted molar refractivity (Wildman–Crippen MR) is 110 cm³/mol. The van der Waals surface area contributed by atoms with Gasteiger partial charge >= 0.3 is 5.97 Å². The Bertz CT molecular complexity index is 1030. The Hall–Kier alpha value is -2.45. The minimum absolute atomic E-state index is 0.170. The van der Waals surface area contributed by atoms with Crippen LogP contribution in [-0.4, -0.2) is 27.2 Å². The Morgan fingerprint density at radius 2 is 1.89 bits per heavy atom. The Morgan fingerprint density at radius 3 is 2.48 bits per heavy atom. The molecule has 1 aliphatic rings. The van der Waals surface area contributed by atoms with E-state index in [1.807, 2.05) is 6.07 Å². The topological polar surface area (TPSA) is 89.7 Å². The molecular weight excluding hydrogens is 384 g/mol. The second kappa shape index (κ2) is 7.28. The van der Waals surface area contributed by atoms with Crippen LogP contribution in [0.1, 0.15) is 29.8 Å². The lowest BCUT2D eigenvalue weighted by atomic mass is 10.0. The number of anilines is 3. The van der Waals surface area contributed by atoms with E-state index < -0.39 is 16.0 Å². The minimum atomic E-state index is -3.79. The van der Waals surface area contributed by atoms with Crippen molar-refractivity contribution in [1.29, 1.82) is 0 Å². The quantitative estimate of drug-likeness (QED) is 0.612. The fraction of sp³-hybridized carbons (Fsp3) is 0.211. The second-order valence-corrected chi connectivity index (χ2v) is 8.70. The van der Waals surface area contributed by atoms with Gasteiger partial charge in [-0.2, -0.15) is 0 Å². The molecule has 2 aromatic rings. The van der Waals surface area contributed by atoms with E-state index in [1.165, 1.54) is 10.4 Å². The minimum Gasteiger partial charge on any atom is -0.462 e. The largest absolute Gasteiger partial charge is 0.462 e. The van der Waals surface area contributed by atoms with E-state index in [9.17, 15) is 13.2 Å². The van der Waals surface area contributed by atoms with E-state index in [0.717, 1.165) is 11.8 Å². The van der Waals surface area contributed by atoms with Crippen molar-refractivity contribution >= 4 is 50.4 Å². The lowest BCUT2D eigenvalue weighted by molar-refractivity contribution is 0.0527. The van der Waals surface area contributed by atoms with Crippen molar-refractivity contribution < 1.29 is 17.9 Å². The molecule has 0 saturated heterocycles. The van der Waals surface area contributed by atoms with Gasteiger partial charge in [-0.1, -0.05) is 18.2 Å². The summed E-state index contributed by atoms with van der Waals surface area (Å²) in [6, 6.07) is 11.9. The Balaban J connectivity index is 2.33. The lowest BCUT2D eigenvalue weighted by Crippen LogP contribution is -2.31. The van der Waals surface area contributed by atoms with Gasteiger partial charge in [0.1, 0.15) is 4.24 Å². The first kappa shape index (κ1) is 19.3. The zero-order chi connectivity index (χ0) is 19.8. The number of thioether (sulfide) groups is 1. The molecule has 0 saturated carbocycles. The normalized spacial score (nSPS) is 15.4. The van der Waals surface area contributed by atoms with E-state index in [2.05, 4.69) is 0 Å². The first-order valence-corrected chi connectivity index (χ1v) is 11.0. The average molecular weight is 405 g/mol. The second-order valence-electron chi connectivity index (χ2n) is 5.90. The van der Waals surface area contributed by atoms with Crippen LogP contribution in [0.5, 0.6) is 0 Å². The lowest BCUT2D eigenvalue weighted by Gasteiger charge is -2.33. The molecule has 0 aliphatic carbocycles. The highest BCUT2D eigenvalue weighted by atomic mass is 32.3. The number of benzene rings is 2. The maximum Gasteiger partial charge on any atom is 0.340 e. The number of nitrogen functional groups attached to an aromatic ring is 1. The molecule has 0 amide bonds. The van der Waals surface area contributed by atoms with Gasteiger partial charge in [0.15, 0.2) is 0 Å². The van der Waals surface area contributed by atoms with Crippen molar-refractivity contribution in [1.82, 2.24) is 0 Å². The molecule has 0 bridgehead atoms. The number of fused-ring (bicyclic) bond motifs is 1. The number of rotatable bonds is 4. The van der Waals surface area contributed by atoms with Crippen LogP contribution in [0.25, 0.3) is 5.57 Å². The average Bonchev–Trinajstić information content (AvgIpc) is 2.62. The highest BCUT2D eigenvalue weighted by Crippen LogP contribution is 2.47. The third kappa shape index (κ3) is 3.19. The molecule has 0 spiro atoms. The number of nitrogens with two attached hydrogens (primary N) is 1. The monoisotopic (exact) mass is 404 g/mol. The molecule has 3 rings (SSSR count). The Morgan fingerprint density at radius 1 is 1.22 bits per heavy atom. The third-order valence-electron chi connectivity index (χ3n) is 4.24. The zero-order valence-corrected chi connectivity index (χ0v) is 16.9. The predicted octanol–water partition coefficient (Wildman–Crippen LogP) is 3.98. The van der Waals surface area contributed by atoms with Gasteiger partial charge in [0.25, 0.3) is 10.0 Å². The molecule has 8 heteroatoms.